The summed E-state index contributed by atoms with van der Waals surface area (Å²) in [6, 6.07) is 10.6. The SMILES string of the molecule is CCCCOc1cccc(-c2cc(F)c(N)c(Cl)c2)c1. The number of ether oxygens (including phenoxy) is 1. The summed E-state index contributed by atoms with van der Waals surface area (Å²) in [5.74, 6) is 0.258. The molecule has 2 N–H and O–H groups in total. The van der Waals surface area contributed by atoms with E-state index in [1.165, 1.54) is 6.07 Å². The van der Waals surface area contributed by atoms with Gasteiger partial charge in [-0.25, -0.2) is 4.39 Å². The number of halogens is 2. The van der Waals surface area contributed by atoms with Crippen LogP contribution in [0.2, 0.25) is 5.02 Å². The molecule has 0 atom stereocenters. The Hall–Kier alpha value is -1.74. The van der Waals surface area contributed by atoms with Gasteiger partial charge in [-0.3, -0.25) is 0 Å². The Morgan fingerprint density at radius 1 is 1.20 bits per heavy atom. The third-order valence-electron chi connectivity index (χ3n) is 3.01. The highest BCUT2D eigenvalue weighted by molar-refractivity contribution is 6.33. The predicted molar refractivity (Wildman–Crippen MR) is 81.7 cm³/mol. The van der Waals surface area contributed by atoms with Crippen LogP contribution in [0.5, 0.6) is 5.75 Å². The van der Waals surface area contributed by atoms with Gasteiger partial charge >= 0.3 is 0 Å². The van der Waals surface area contributed by atoms with Gasteiger partial charge in [0.2, 0.25) is 0 Å². The monoisotopic (exact) mass is 293 g/mol. The first-order valence-electron chi connectivity index (χ1n) is 6.59. The van der Waals surface area contributed by atoms with E-state index in [0.29, 0.717) is 12.2 Å². The fourth-order valence-corrected chi connectivity index (χ4v) is 2.06. The fourth-order valence-electron chi connectivity index (χ4n) is 1.85. The molecule has 0 fully saturated rings. The normalized spacial score (nSPS) is 10.6. The van der Waals surface area contributed by atoms with Crippen molar-refractivity contribution < 1.29 is 9.13 Å². The van der Waals surface area contributed by atoms with Crippen LogP contribution in [0.25, 0.3) is 11.1 Å². The van der Waals surface area contributed by atoms with E-state index in [9.17, 15) is 4.39 Å². The second-order valence-corrected chi connectivity index (χ2v) is 4.99. The summed E-state index contributed by atoms with van der Waals surface area (Å²) in [7, 11) is 0. The van der Waals surface area contributed by atoms with Crippen LogP contribution in [0.1, 0.15) is 19.8 Å². The van der Waals surface area contributed by atoms with Crippen molar-refractivity contribution in [1.29, 1.82) is 0 Å². The van der Waals surface area contributed by atoms with E-state index in [1.54, 1.807) is 6.07 Å². The lowest BCUT2D eigenvalue weighted by Crippen LogP contribution is -1.96. The first-order chi connectivity index (χ1) is 9.61. The van der Waals surface area contributed by atoms with Gasteiger partial charge in [-0.15, -0.1) is 0 Å². The summed E-state index contributed by atoms with van der Waals surface area (Å²) in [5.41, 5.74) is 7.02. The van der Waals surface area contributed by atoms with Crippen LogP contribution in [-0.4, -0.2) is 6.61 Å². The molecule has 0 aromatic heterocycles. The minimum Gasteiger partial charge on any atom is -0.494 e. The molecule has 2 nitrogen and oxygen atoms in total. The number of anilines is 1. The van der Waals surface area contributed by atoms with Crippen molar-refractivity contribution in [3.8, 4) is 16.9 Å². The lowest BCUT2D eigenvalue weighted by atomic mass is 10.0. The summed E-state index contributed by atoms with van der Waals surface area (Å²) in [4.78, 5) is 0. The van der Waals surface area contributed by atoms with Gasteiger partial charge in [0.05, 0.1) is 17.3 Å². The summed E-state index contributed by atoms with van der Waals surface area (Å²) < 4.78 is 19.3. The topological polar surface area (TPSA) is 35.2 Å². The Labute approximate surface area is 123 Å². The van der Waals surface area contributed by atoms with Gasteiger partial charge in [-0.2, -0.15) is 0 Å². The van der Waals surface area contributed by atoms with Gasteiger partial charge in [-0.05, 0) is 41.8 Å². The molecular formula is C16H17ClFNO. The Morgan fingerprint density at radius 2 is 2.00 bits per heavy atom. The highest BCUT2D eigenvalue weighted by Crippen LogP contribution is 2.31. The molecule has 2 rings (SSSR count). The van der Waals surface area contributed by atoms with Gasteiger partial charge in [0.15, 0.2) is 0 Å². The number of unbranched alkanes of at least 4 members (excludes halogenated alkanes) is 1. The third-order valence-corrected chi connectivity index (χ3v) is 3.33. The number of hydrogen-bond donors (Lipinski definition) is 1. The second kappa shape index (κ2) is 6.62. The number of benzene rings is 2. The number of nitrogens with two attached hydrogens (primary N) is 1. The van der Waals surface area contributed by atoms with Crippen molar-refractivity contribution in [3.05, 3.63) is 47.2 Å². The van der Waals surface area contributed by atoms with Crippen LogP contribution in [0.15, 0.2) is 36.4 Å². The second-order valence-electron chi connectivity index (χ2n) is 4.58. The number of hydrogen-bond acceptors (Lipinski definition) is 2. The minimum absolute atomic E-state index is 0.0224. The molecule has 0 unspecified atom stereocenters. The third kappa shape index (κ3) is 3.42. The molecule has 2 aromatic carbocycles. The van der Waals surface area contributed by atoms with E-state index < -0.39 is 5.82 Å². The van der Waals surface area contributed by atoms with Crippen LogP contribution >= 0.6 is 11.6 Å². The van der Waals surface area contributed by atoms with E-state index in [4.69, 9.17) is 22.1 Å². The zero-order valence-electron chi connectivity index (χ0n) is 11.3. The van der Waals surface area contributed by atoms with E-state index in [-0.39, 0.29) is 10.7 Å². The first kappa shape index (κ1) is 14.7. The molecule has 2 aromatic rings. The molecule has 0 aliphatic rings. The Bertz CT molecular complexity index is 578. The van der Waals surface area contributed by atoms with Gasteiger partial charge in [0.25, 0.3) is 0 Å². The standard InChI is InChI=1S/C16H17ClFNO/c1-2-3-7-20-13-6-4-5-11(8-13)12-9-14(17)16(19)15(18)10-12/h4-6,8-10H,2-3,7,19H2,1H3. The minimum atomic E-state index is -0.509. The fraction of sp³-hybridized carbons (Fsp3) is 0.250. The zero-order valence-corrected chi connectivity index (χ0v) is 12.1. The highest BCUT2D eigenvalue weighted by atomic mass is 35.5. The van der Waals surface area contributed by atoms with Crippen LogP contribution in [0.4, 0.5) is 10.1 Å². The average Bonchev–Trinajstić information content (AvgIpc) is 2.45. The van der Waals surface area contributed by atoms with Crippen molar-refractivity contribution >= 4 is 17.3 Å². The summed E-state index contributed by atoms with van der Waals surface area (Å²) in [5, 5.41) is 0.220. The Morgan fingerprint density at radius 3 is 2.70 bits per heavy atom. The van der Waals surface area contributed by atoms with Crippen molar-refractivity contribution in [3.63, 3.8) is 0 Å². The molecule has 20 heavy (non-hydrogen) atoms. The lowest BCUT2D eigenvalue weighted by Gasteiger charge is -2.09. The van der Waals surface area contributed by atoms with Gasteiger partial charge in [0.1, 0.15) is 11.6 Å². The molecular weight excluding hydrogens is 277 g/mol. The van der Waals surface area contributed by atoms with Crippen LogP contribution in [0, 0.1) is 5.82 Å². The Balaban J connectivity index is 2.26. The van der Waals surface area contributed by atoms with Crippen LogP contribution in [0.3, 0.4) is 0 Å². The van der Waals surface area contributed by atoms with E-state index in [2.05, 4.69) is 6.92 Å². The van der Waals surface area contributed by atoms with Gasteiger partial charge in [-0.1, -0.05) is 37.1 Å². The summed E-state index contributed by atoms with van der Waals surface area (Å²) >= 11 is 5.91. The predicted octanol–water partition coefficient (Wildman–Crippen LogP) is 4.91. The largest absolute Gasteiger partial charge is 0.494 e. The summed E-state index contributed by atoms with van der Waals surface area (Å²) in [6.07, 6.45) is 2.09. The molecule has 0 aliphatic carbocycles. The Kier molecular flexibility index (Phi) is 4.85. The van der Waals surface area contributed by atoms with E-state index in [1.807, 2.05) is 24.3 Å². The smallest absolute Gasteiger partial charge is 0.148 e. The molecule has 0 saturated carbocycles. The molecule has 0 radical (unpaired) electrons. The molecule has 4 heteroatoms. The van der Waals surface area contributed by atoms with Crippen molar-refractivity contribution in [2.24, 2.45) is 0 Å². The molecule has 0 bridgehead atoms. The maximum Gasteiger partial charge on any atom is 0.148 e. The van der Waals surface area contributed by atoms with Crippen LogP contribution < -0.4 is 10.5 Å². The van der Waals surface area contributed by atoms with Crippen molar-refractivity contribution in [2.45, 2.75) is 19.8 Å². The first-order valence-corrected chi connectivity index (χ1v) is 6.97. The molecule has 0 spiro atoms. The molecule has 0 heterocycles. The quantitative estimate of drug-likeness (QED) is 0.628. The van der Waals surface area contributed by atoms with E-state index >= 15 is 0 Å². The zero-order chi connectivity index (χ0) is 14.5. The molecule has 106 valence electrons. The number of rotatable bonds is 5. The van der Waals surface area contributed by atoms with Crippen molar-refractivity contribution in [1.82, 2.24) is 0 Å². The average molecular weight is 294 g/mol. The maximum atomic E-state index is 13.6. The molecule has 0 amide bonds. The van der Waals surface area contributed by atoms with Crippen molar-refractivity contribution in [2.75, 3.05) is 12.3 Å². The van der Waals surface area contributed by atoms with Crippen LogP contribution in [-0.2, 0) is 0 Å². The highest BCUT2D eigenvalue weighted by Gasteiger charge is 2.08. The summed E-state index contributed by atoms with van der Waals surface area (Å²) in [6.45, 7) is 2.79. The van der Waals surface area contributed by atoms with E-state index in [0.717, 1.165) is 24.2 Å². The maximum absolute atomic E-state index is 13.6. The molecule has 0 aliphatic heterocycles. The lowest BCUT2D eigenvalue weighted by molar-refractivity contribution is 0.309. The molecule has 0 saturated heterocycles. The number of nitrogen functional groups attached to an aromatic ring is 1. The van der Waals surface area contributed by atoms with Gasteiger partial charge < -0.3 is 10.5 Å². The van der Waals surface area contributed by atoms with Gasteiger partial charge in [0, 0.05) is 0 Å².